The van der Waals surface area contributed by atoms with Crippen molar-refractivity contribution in [2.75, 3.05) is 20.3 Å². The number of carbonyl (C=O) groups is 1. The predicted molar refractivity (Wildman–Crippen MR) is 92.7 cm³/mol. The van der Waals surface area contributed by atoms with Gasteiger partial charge < -0.3 is 14.5 Å². The molecule has 0 atom stereocenters. The van der Waals surface area contributed by atoms with Crippen LogP contribution in [-0.4, -0.2) is 34.6 Å². The van der Waals surface area contributed by atoms with Crippen LogP contribution in [0, 0.1) is 6.92 Å². The molecular weight excluding hydrogens is 344 g/mol. The lowest BCUT2D eigenvalue weighted by Crippen LogP contribution is -2.27. The van der Waals surface area contributed by atoms with Gasteiger partial charge in [0.05, 0.1) is 17.7 Å². The summed E-state index contributed by atoms with van der Waals surface area (Å²) in [7, 11) is -2.15. The molecule has 1 aromatic carbocycles. The summed E-state index contributed by atoms with van der Waals surface area (Å²) in [6.07, 6.45) is 2.16. The second kappa shape index (κ2) is 8.80. The van der Waals surface area contributed by atoms with E-state index in [0.29, 0.717) is 36.5 Å². The summed E-state index contributed by atoms with van der Waals surface area (Å²) in [6, 6.07) is 7.83. The highest BCUT2D eigenvalue weighted by molar-refractivity contribution is 7.89. The number of benzene rings is 1. The van der Waals surface area contributed by atoms with Crippen molar-refractivity contribution in [3.8, 4) is 0 Å². The van der Waals surface area contributed by atoms with E-state index in [4.69, 9.17) is 9.15 Å². The number of carbonyl (C=O) groups excluding carboxylic acids is 1. The molecule has 1 aromatic heterocycles. The van der Waals surface area contributed by atoms with Gasteiger partial charge in [-0.3, -0.25) is 4.79 Å². The third-order valence-electron chi connectivity index (χ3n) is 3.59. The summed E-state index contributed by atoms with van der Waals surface area (Å²) in [5.41, 5.74) is 1.03. The lowest BCUT2D eigenvalue weighted by Gasteiger charge is -2.11. The van der Waals surface area contributed by atoms with Crippen molar-refractivity contribution in [3.05, 3.63) is 53.5 Å². The molecule has 0 bridgehead atoms. The Bertz CT molecular complexity index is 800. The molecule has 2 N–H and O–H groups in total. The fourth-order valence-electron chi connectivity index (χ4n) is 2.19. The normalized spacial score (nSPS) is 11.4. The van der Waals surface area contributed by atoms with Crippen LogP contribution < -0.4 is 10.0 Å². The van der Waals surface area contributed by atoms with Crippen LogP contribution in [0.1, 0.15) is 28.1 Å². The lowest BCUT2D eigenvalue weighted by molar-refractivity contribution is 0.0948. The van der Waals surface area contributed by atoms with Gasteiger partial charge in [0.25, 0.3) is 5.91 Å². The van der Waals surface area contributed by atoms with Crippen LogP contribution in [0.25, 0.3) is 0 Å². The first kappa shape index (κ1) is 19.2. The van der Waals surface area contributed by atoms with E-state index in [0.717, 1.165) is 0 Å². The van der Waals surface area contributed by atoms with Crippen molar-refractivity contribution in [3.63, 3.8) is 0 Å². The molecule has 0 aliphatic heterocycles. The minimum atomic E-state index is -3.75. The molecule has 2 rings (SSSR count). The third kappa shape index (κ3) is 5.42. The molecule has 25 heavy (non-hydrogen) atoms. The zero-order valence-corrected chi connectivity index (χ0v) is 15.1. The Labute approximate surface area is 147 Å². The quantitative estimate of drug-likeness (QED) is 0.660. The zero-order chi connectivity index (χ0) is 18.3. The standard InChI is InChI=1S/C17H22N2O5S/c1-13-6-7-15(11-16(13)17(20)18-8-4-9-23-2)25(21,22)19-12-14-5-3-10-24-14/h3,5-7,10-11,19H,4,8-9,12H2,1-2H3,(H,18,20). The SMILES string of the molecule is COCCCNC(=O)c1cc(S(=O)(=O)NCc2ccco2)ccc1C. The first-order valence-corrected chi connectivity index (χ1v) is 9.32. The van der Waals surface area contributed by atoms with E-state index in [1.54, 1.807) is 32.2 Å². The number of aryl methyl sites for hydroxylation is 1. The molecule has 0 fully saturated rings. The van der Waals surface area contributed by atoms with E-state index in [9.17, 15) is 13.2 Å². The minimum Gasteiger partial charge on any atom is -0.468 e. The average molecular weight is 366 g/mol. The first-order valence-electron chi connectivity index (χ1n) is 7.84. The molecular formula is C17H22N2O5S. The number of nitrogens with one attached hydrogen (secondary N) is 2. The van der Waals surface area contributed by atoms with E-state index in [1.165, 1.54) is 18.4 Å². The molecule has 8 heteroatoms. The second-order valence-corrected chi connectivity index (χ2v) is 7.25. The van der Waals surface area contributed by atoms with Gasteiger partial charge in [-0.15, -0.1) is 0 Å². The molecule has 0 aliphatic carbocycles. The van der Waals surface area contributed by atoms with Crippen LogP contribution in [0.15, 0.2) is 45.9 Å². The number of rotatable bonds is 9. The van der Waals surface area contributed by atoms with Gasteiger partial charge in [0.15, 0.2) is 0 Å². The molecule has 0 spiro atoms. The smallest absolute Gasteiger partial charge is 0.251 e. The van der Waals surface area contributed by atoms with Crippen molar-refractivity contribution < 1.29 is 22.4 Å². The summed E-state index contributed by atoms with van der Waals surface area (Å²) < 4.78 is 37.3. The van der Waals surface area contributed by atoms with Gasteiger partial charge in [-0.25, -0.2) is 13.1 Å². The largest absolute Gasteiger partial charge is 0.468 e. The molecule has 136 valence electrons. The highest BCUT2D eigenvalue weighted by atomic mass is 32.2. The van der Waals surface area contributed by atoms with Crippen LogP contribution in [0.2, 0.25) is 0 Å². The highest BCUT2D eigenvalue weighted by Crippen LogP contribution is 2.16. The van der Waals surface area contributed by atoms with Crippen molar-refractivity contribution in [1.29, 1.82) is 0 Å². The summed E-state index contributed by atoms with van der Waals surface area (Å²) in [5, 5.41) is 2.76. The Morgan fingerprint density at radius 2 is 2.08 bits per heavy atom. The van der Waals surface area contributed by atoms with E-state index < -0.39 is 10.0 Å². The van der Waals surface area contributed by atoms with Crippen LogP contribution in [-0.2, 0) is 21.3 Å². The second-order valence-electron chi connectivity index (χ2n) is 5.48. The molecule has 0 saturated carbocycles. The molecule has 0 aliphatic rings. The summed E-state index contributed by atoms with van der Waals surface area (Å²) in [5.74, 6) is 0.198. The summed E-state index contributed by atoms with van der Waals surface area (Å²) in [6.45, 7) is 2.81. The maximum absolute atomic E-state index is 12.4. The fraction of sp³-hybridized carbons (Fsp3) is 0.353. The maximum Gasteiger partial charge on any atom is 0.251 e. The highest BCUT2D eigenvalue weighted by Gasteiger charge is 2.18. The van der Waals surface area contributed by atoms with Crippen LogP contribution in [0.4, 0.5) is 0 Å². The Morgan fingerprint density at radius 1 is 1.28 bits per heavy atom. The minimum absolute atomic E-state index is 0.0340. The molecule has 2 aromatic rings. The third-order valence-corrected chi connectivity index (χ3v) is 4.99. The molecule has 0 saturated heterocycles. The monoisotopic (exact) mass is 366 g/mol. The Morgan fingerprint density at radius 3 is 2.76 bits per heavy atom. The topological polar surface area (TPSA) is 97.6 Å². The van der Waals surface area contributed by atoms with Gasteiger partial charge in [-0.1, -0.05) is 6.07 Å². The van der Waals surface area contributed by atoms with Gasteiger partial charge in [0, 0.05) is 25.8 Å². The van der Waals surface area contributed by atoms with Crippen molar-refractivity contribution in [2.45, 2.75) is 24.8 Å². The Kier molecular flexibility index (Phi) is 6.74. The number of sulfonamides is 1. The molecule has 0 unspecified atom stereocenters. The van der Waals surface area contributed by atoms with E-state index in [1.807, 2.05) is 0 Å². The number of methoxy groups -OCH3 is 1. The maximum atomic E-state index is 12.4. The number of hydrogen-bond donors (Lipinski definition) is 2. The number of ether oxygens (including phenoxy) is 1. The van der Waals surface area contributed by atoms with Gasteiger partial charge in [0.1, 0.15) is 5.76 Å². The fourth-order valence-corrected chi connectivity index (χ4v) is 3.21. The Hall–Kier alpha value is -2.16. The molecule has 1 heterocycles. The van der Waals surface area contributed by atoms with E-state index in [-0.39, 0.29) is 17.3 Å². The molecule has 1 amide bonds. The van der Waals surface area contributed by atoms with Gasteiger partial charge >= 0.3 is 0 Å². The van der Waals surface area contributed by atoms with Gasteiger partial charge in [-0.05, 0) is 43.2 Å². The number of furan rings is 1. The molecule has 0 radical (unpaired) electrons. The average Bonchev–Trinajstić information content (AvgIpc) is 3.10. The summed E-state index contributed by atoms with van der Waals surface area (Å²) in [4.78, 5) is 12.3. The summed E-state index contributed by atoms with van der Waals surface area (Å²) >= 11 is 0. The van der Waals surface area contributed by atoms with Crippen LogP contribution >= 0.6 is 0 Å². The first-order chi connectivity index (χ1) is 11.9. The van der Waals surface area contributed by atoms with Gasteiger partial charge in [0.2, 0.25) is 10.0 Å². The van der Waals surface area contributed by atoms with Gasteiger partial charge in [-0.2, -0.15) is 0 Å². The Balaban J connectivity index is 2.09. The zero-order valence-electron chi connectivity index (χ0n) is 14.2. The number of hydrogen-bond acceptors (Lipinski definition) is 5. The van der Waals surface area contributed by atoms with Crippen LogP contribution in [0.3, 0.4) is 0 Å². The van der Waals surface area contributed by atoms with E-state index in [2.05, 4.69) is 10.0 Å². The number of amides is 1. The predicted octanol–water partition coefficient (Wildman–Crippen LogP) is 1.83. The lowest BCUT2D eigenvalue weighted by atomic mass is 10.1. The van der Waals surface area contributed by atoms with Crippen molar-refractivity contribution >= 4 is 15.9 Å². The van der Waals surface area contributed by atoms with Crippen molar-refractivity contribution in [1.82, 2.24) is 10.0 Å². The van der Waals surface area contributed by atoms with Crippen LogP contribution in [0.5, 0.6) is 0 Å². The van der Waals surface area contributed by atoms with Crippen molar-refractivity contribution in [2.24, 2.45) is 0 Å². The molecule has 7 nitrogen and oxygen atoms in total. The van der Waals surface area contributed by atoms with E-state index >= 15 is 0 Å².